The van der Waals surface area contributed by atoms with E-state index < -0.39 is 0 Å². The predicted molar refractivity (Wildman–Crippen MR) is 79.2 cm³/mol. The third kappa shape index (κ3) is 3.97. The highest BCUT2D eigenvalue weighted by Crippen LogP contribution is 2.29. The molecular formula is C17H20NO+. The van der Waals surface area contributed by atoms with E-state index in [-0.39, 0.29) is 0 Å². The van der Waals surface area contributed by atoms with Crippen molar-refractivity contribution in [2.75, 3.05) is 19.7 Å². The Labute approximate surface area is 114 Å². The maximum Gasteiger partial charge on any atom is 0.137 e. The summed E-state index contributed by atoms with van der Waals surface area (Å²) in [6.07, 6.45) is 1.90. The second-order valence-electron chi connectivity index (χ2n) is 4.31. The SMILES string of the molecule is C=CC[NH2+]CCOc1ccccc1-c1ccccc1. The van der Waals surface area contributed by atoms with Crippen LogP contribution in [0.1, 0.15) is 0 Å². The number of quaternary nitrogens is 1. The van der Waals surface area contributed by atoms with Crippen LogP contribution in [0.25, 0.3) is 11.1 Å². The fraction of sp³-hybridized carbons (Fsp3) is 0.176. The van der Waals surface area contributed by atoms with Crippen molar-refractivity contribution < 1.29 is 10.1 Å². The highest BCUT2D eigenvalue weighted by molar-refractivity contribution is 5.70. The molecule has 2 nitrogen and oxygen atoms in total. The summed E-state index contributed by atoms with van der Waals surface area (Å²) in [6.45, 7) is 6.28. The molecule has 19 heavy (non-hydrogen) atoms. The Hall–Kier alpha value is -2.06. The molecule has 0 spiro atoms. The summed E-state index contributed by atoms with van der Waals surface area (Å²) in [4.78, 5) is 0. The Morgan fingerprint density at radius 3 is 2.53 bits per heavy atom. The average Bonchev–Trinajstić information content (AvgIpc) is 2.48. The van der Waals surface area contributed by atoms with Gasteiger partial charge in [0.2, 0.25) is 0 Å². The van der Waals surface area contributed by atoms with Crippen LogP contribution in [0, 0.1) is 0 Å². The van der Waals surface area contributed by atoms with Gasteiger partial charge in [-0.1, -0.05) is 55.1 Å². The minimum Gasteiger partial charge on any atom is -0.487 e. The molecule has 0 atom stereocenters. The van der Waals surface area contributed by atoms with Crippen molar-refractivity contribution in [1.82, 2.24) is 0 Å². The summed E-state index contributed by atoms with van der Waals surface area (Å²) >= 11 is 0. The molecule has 0 aliphatic carbocycles. The molecule has 0 saturated heterocycles. The van der Waals surface area contributed by atoms with Gasteiger partial charge in [-0.05, 0) is 17.7 Å². The molecule has 0 radical (unpaired) electrons. The van der Waals surface area contributed by atoms with Gasteiger partial charge in [-0.15, -0.1) is 0 Å². The monoisotopic (exact) mass is 254 g/mol. The number of hydrogen-bond donors (Lipinski definition) is 1. The van der Waals surface area contributed by atoms with Crippen LogP contribution < -0.4 is 10.1 Å². The maximum absolute atomic E-state index is 5.87. The van der Waals surface area contributed by atoms with E-state index >= 15 is 0 Å². The van der Waals surface area contributed by atoms with Gasteiger partial charge in [0, 0.05) is 5.56 Å². The lowest BCUT2D eigenvalue weighted by Gasteiger charge is -2.10. The number of nitrogens with two attached hydrogens (primary N) is 1. The lowest BCUT2D eigenvalue weighted by Crippen LogP contribution is -2.85. The Balaban J connectivity index is 2.03. The quantitative estimate of drug-likeness (QED) is 0.596. The molecule has 2 rings (SSSR count). The molecule has 98 valence electrons. The smallest absolute Gasteiger partial charge is 0.137 e. The van der Waals surface area contributed by atoms with Crippen LogP contribution in [0.3, 0.4) is 0 Å². The standard InChI is InChI=1S/C17H19NO/c1-2-12-18-13-14-19-17-11-7-6-10-16(17)15-8-4-3-5-9-15/h2-11,18H,1,12-14H2/p+1. The number of rotatable bonds is 7. The summed E-state index contributed by atoms with van der Waals surface area (Å²) in [5.41, 5.74) is 2.33. The van der Waals surface area contributed by atoms with Crippen LogP contribution in [0.15, 0.2) is 67.3 Å². The first-order valence-corrected chi connectivity index (χ1v) is 6.61. The molecule has 2 aromatic carbocycles. The minimum atomic E-state index is 0.706. The van der Waals surface area contributed by atoms with Gasteiger partial charge in [0.15, 0.2) is 0 Å². The van der Waals surface area contributed by atoms with E-state index in [2.05, 4.69) is 30.1 Å². The van der Waals surface area contributed by atoms with E-state index in [1.54, 1.807) is 0 Å². The van der Waals surface area contributed by atoms with Gasteiger partial charge in [-0.3, -0.25) is 0 Å². The lowest BCUT2D eigenvalue weighted by molar-refractivity contribution is -0.646. The summed E-state index contributed by atoms with van der Waals surface area (Å²) in [6, 6.07) is 18.5. The average molecular weight is 254 g/mol. The summed E-state index contributed by atoms with van der Waals surface area (Å²) < 4.78 is 5.87. The largest absolute Gasteiger partial charge is 0.487 e. The van der Waals surface area contributed by atoms with Gasteiger partial charge in [0.05, 0.1) is 6.54 Å². The highest BCUT2D eigenvalue weighted by Gasteiger charge is 2.04. The molecular weight excluding hydrogens is 234 g/mol. The summed E-state index contributed by atoms with van der Waals surface area (Å²) in [5, 5.41) is 2.18. The van der Waals surface area contributed by atoms with E-state index in [4.69, 9.17) is 4.74 Å². The van der Waals surface area contributed by atoms with Crippen LogP contribution in [0.4, 0.5) is 0 Å². The number of para-hydroxylation sites is 1. The molecule has 0 aliphatic rings. The number of hydrogen-bond acceptors (Lipinski definition) is 1. The molecule has 0 unspecified atom stereocenters. The van der Waals surface area contributed by atoms with Crippen LogP contribution in [0.5, 0.6) is 5.75 Å². The van der Waals surface area contributed by atoms with Crippen molar-refractivity contribution in [3.05, 3.63) is 67.3 Å². The molecule has 0 aromatic heterocycles. The van der Waals surface area contributed by atoms with Crippen LogP contribution in [0.2, 0.25) is 0 Å². The van der Waals surface area contributed by atoms with Crippen molar-refractivity contribution in [3.63, 3.8) is 0 Å². The zero-order valence-corrected chi connectivity index (χ0v) is 11.1. The Morgan fingerprint density at radius 2 is 1.74 bits per heavy atom. The molecule has 0 saturated carbocycles. The molecule has 2 aromatic rings. The van der Waals surface area contributed by atoms with E-state index in [0.717, 1.165) is 24.4 Å². The number of benzene rings is 2. The summed E-state index contributed by atoms with van der Waals surface area (Å²) in [7, 11) is 0. The van der Waals surface area contributed by atoms with Crippen molar-refractivity contribution >= 4 is 0 Å². The zero-order valence-electron chi connectivity index (χ0n) is 11.1. The van der Waals surface area contributed by atoms with Gasteiger partial charge < -0.3 is 10.1 Å². The highest BCUT2D eigenvalue weighted by atomic mass is 16.5. The molecule has 2 heteroatoms. The van der Waals surface area contributed by atoms with Crippen molar-refractivity contribution in [3.8, 4) is 16.9 Å². The third-order valence-electron chi connectivity index (χ3n) is 2.88. The van der Waals surface area contributed by atoms with Crippen LogP contribution in [-0.2, 0) is 0 Å². The van der Waals surface area contributed by atoms with E-state index in [0.29, 0.717) is 6.61 Å². The van der Waals surface area contributed by atoms with Gasteiger partial charge in [0.1, 0.15) is 18.9 Å². The fourth-order valence-electron chi connectivity index (χ4n) is 1.94. The molecule has 0 amide bonds. The molecule has 0 aliphatic heterocycles. The maximum atomic E-state index is 5.87. The normalized spacial score (nSPS) is 10.1. The first-order valence-electron chi connectivity index (χ1n) is 6.61. The zero-order chi connectivity index (χ0) is 13.3. The second kappa shape index (κ2) is 7.39. The van der Waals surface area contributed by atoms with Gasteiger partial charge >= 0.3 is 0 Å². The molecule has 0 bridgehead atoms. The molecule has 2 N–H and O–H groups in total. The van der Waals surface area contributed by atoms with Crippen LogP contribution >= 0.6 is 0 Å². The molecule has 0 fully saturated rings. The lowest BCUT2D eigenvalue weighted by atomic mass is 10.1. The third-order valence-corrected chi connectivity index (χ3v) is 2.88. The van der Waals surface area contributed by atoms with Gasteiger partial charge in [-0.2, -0.15) is 0 Å². The van der Waals surface area contributed by atoms with Crippen molar-refractivity contribution in [2.45, 2.75) is 0 Å². The fourth-order valence-corrected chi connectivity index (χ4v) is 1.94. The van der Waals surface area contributed by atoms with Gasteiger partial charge in [-0.25, -0.2) is 0 Å². The van der Waals surface area contributed by atoms with E-state index in [1.807, 2.05) is 42.5 Å². The Morgan fingerprint density at radius 1 is 1.00 bits per heavy atom. The van der Waals surface area contributed by atoms with E-state index in [1.165, 1.54) is 5.56 Å². The minimum absolute atomic E-state index is 0.706. The first-order chi connectivity index (χ1) is 9.42. The Kier molecular flexibility index (Phi) is 5.20. The topological polar surface area (TPSA) is 25.8 Å². The van der Waals surface area contributed by atoms with Crippen molar-refractivity contribution in [1.29, 1.82) is 0 Å². The first kappa shape index (κ1) is 13.4. The Bertz CT molecular complexity index is 508. The molecule has 0 heterocycles. The second-order valence-corrected chi connectivity index (χ2v) is 4.31. The summed E-state index contributed by atoms with van der Waals surface area (Å²) in [5.74, 6) is 0.945. The van der Waals surface area contributed by atoms with Gasteiger partial charge in [0.25, 0.3) is 0 Å². The van der Waals surface area contributed by atoms with Crippen molar-refractivity contribution in [2.24, 2.45) is 0 Å². The number of ether oxygens (including phenoxy) is 1. The predicted octanol–water partition coefficient (Wildman–Crippen LogP) is 2.48. The van der Waals surface area contributed by atoms with E-state index in [9.17, 15) is 0 Å². The van der Waals surface area contributed by atoms with Crippen LogP contribution in [-0.4, -0.2) is 19.7 Å².